The van der Waals surface area contributed by atoms with Crippen molar-refractivity contribution in [1.82, 2.24) is 9.97 Å². The number of allylic oxidation sites excluding steroid dienone is 1. The summed E-state index contributed by atoms with van der Waals surface area (Å²) in [5, 5.41) is 10.3. The van der Waals surface area contributed by atoms with E-state index in [1.165, 1.54) is 14.0 Å². The van der Waals surface area contributed by atoms with E-state index in [4.69, 9.17) is 14.5 Å². The predicted octanol–water partition coefficient (Wildman–Crippen LogP) is 5.59. The molecule has 0 amide bonds. The monoisotopic (exact) mass is 524 g/mol. The number of phenols is 1. The van der Waals surface area contributed by atoms with Crippen molar-refractivity contribution in [2.75, 3.05) is 7.11 Å². The zero-order valence-corrected chi connectivity index (χ0v) is 22.1. The molecule has 0 spiro atoms. The number of pyridine rings is 1. The van der Waals surface area contributed by atoms with Crippen LogP contribution < -0.4 is 0 Å². The number of carbonyl (C=O) groups excluding carboxylic acids is 3. The number of ketones is 1. The standard InChI is InChI=1S/C31H28N2O6/c1-16-25(30(36)38-4)17(2)32-27(16)29(35)18(3)39-31(37)26-22-7-5-6-8-24(22)33-28-20(11-14-23(26)28)15-19-9-12-21(34)13-10-19/h5-10,12-13,15,18,32,34H,11,14H2,1-4H3. The Balaban J connectivity index is 1.50. The number of para-hydroxylation sites is 1. The van der Waals surface area contributed by atoms with Crippen molar-refractivity contribution in [1.29, 1.82) is 0 Å². The molecule has 2 aromatic carbocycles. The lowest BCUT2D eigenvalue weighted by Gasteiger charge is -2.16. The number of benzene rings is 2. The van der Waals surface area contributed by atoms with Gasteiger partial charge in [-0.15, -0.1) is 0 Å². The van der Waals surface area contributed by atoms with Crippen molar-refractivity contribution < 1.29 is 29.0 Å². The summed E-state index contributed by atoms with van der Waals surface area (Å²) in [5.41, 5.74) is 5.91. The number of hydrogen-bond donors (Lipinski definition) is 2. The molecular formula is C31H28N2O6. The van der Waals surface area contributed by atoms with Gasteiger partial charge in [-0.3, -0.25) is 4.79 Å². The van der Waals surface area contributed by atoms with Gasteiger partial charge in [0, 0.05) is 11.1 Å². The number of aryl methyl sites for hydroxylation is 1. The van der Waals surface area contributed by atoms with Gasteiger partial charge < -0.3 is 19.6 Å². The number of nitrogens with zero attached hydrogens (tertiary/aromatic N) is 1. The molecule has 39 heavy (non-hydrogen) atoms. The van der Waals surface area contributed by atoms with Crippen LogP contribution in [0.2, 0.25) is 0 Å². The molecule has 2 N–H and O–H groups in total. The zero-order chi connectivity index (χ0) is 27.8. The molecule has 1 atom stereocenters. The summed E-state index contributed by atoms with van der Waals surface area (Å²) in [6.07, 6.45) is 2.19. The van der Waals surface area contributed by atoms with Crippen molar-refractivity contribution >= 4 is 40.3 Å². The molecule has 0 aliphatic heterocycles. The van der Waals surface area contributed by atoms with Gasteiger partial charge in [-0.25, -0.2) is 14.6 Å². The van der Waals surface area contributed by atoms with E-state index >= 15 is 0 Å². The Bertz CT molecular complexity index is 1660. The Labute approximate surface area is 225 Å². The topological polar surface area (TPSA) is 119 Å². The maximum atomic E-state index is 13.6. The van der Waals surface area contributed by atoms with Crippen molar-refractivity contribution in [2.24, 2.45) is 0 Å². The van der Waals surface area contributed by atoms with Crippen LogP contribution in [0.25, 0.3) is 22.6 Å². The second-order valence-electron chi connectivity index (χ2n) is 9.62. The lowest BCUT2D eigenvalue weighted by atomic mass is 10.0. The van der Waals surface area contributed by atoms with Gasteiger partial charge in [-0.1, -0.05) is 30.3 Å². The van der Waals surface area contributed by atoms with Crippen LogP contribution in [0.15, 0.2) is 48.5 Å². The van der Waals surface area contributed by atoms with E-state index in [1.54, 1.807) is 26.0 Å². The maximum absolute atomic E-state index is 13.6. The van der Waals surface area contributed by atoms with Crippen LogP contribution in [0.3, 0.4) is 0 Å². The summed E-state index contributed by atoms with van der Waals surface area (Å²) < 4.78 is 10.6. The fourth-order valence-electron chi connectivity index (χ4n) is 5.16. The molecule has 2 heterocycles. The van der Waals surface area contributed by atoms with E-state index in [0.717, 1.165) is 22.4 Å². The summed E-state index contributed by atoms with van der Waals surface area (Å²) in [5.74, 6) is -1.40. The van der Waals surface area contributed by atoms with E-state index in [2.05, 4.69) is 4.98 Å². The molecule has 1 unspecified atom stereocenters. The van der Waals surface area contributed by atoms with E-state index < -0.39 is 23.8 Å². The third-order valence-electron chi connectivity index (χ3n) is 7.11. The molecule has 198 valence electrons. The molecule has 1 aliphatic carbocycles. The third kappa shape index (κ3) is 4.69. The van der Waals surface area contributed by atoms with Gasteiger partial charge in [0.05, 0.1) is 35.1 Å². The second kappa shape index (κ2) is 10.2. The van der Waals surface area contributed by atoms with Gasteiger partial charge in [0.1, 0.15) is 5.75 Å². The smallest absolute Gasteiger partial charge is 0.339 e. The Morgan fingerprint density at radius 1 is 1.00 bits per heavy atom. The van der Waals surface area contributed by atoms with E-state index in [-0.39, 0.29) is 11.4 Å². The molecule has 8 heteroatoms. The number of phenolic OH excluding ortho intramolecular Hbond substituents is 1. The van der Waals surface area contributed by atoms with Gasteiger partial charge in [0.15, 0.2) is 6.10 Å². The highest BCUT2D eigenvalue weighted by atomic mass is 16.5. The van der Waals surface area contributed by atoms with E-state index in [9.17, 15) is 19.5 Å². The summed E-state index contributed by atoms with van der Waals surface area (Å²) >= 11 is 0. The molecule has 4 aromatic rings. The number of methoxy groups -OCH3 is 1. The molecular weight excluding hydrogens is 496 g/mol. The van der Waals surface area contributed by atoms with E-state index in [0.29, 0.717) is 46.1 Å². The lowest BCUT2D eigenvalue weighted by Crippen LogP contribution is -2.26. The Morgan fingerprint density at radius 2 is 1.72 bits per heavy atom. The largest absolute Gasteiger partial charge is 0.508 e. The van der Waals surface area contributed by atoms with Gasteiger partial charge in [0.2, 0.25) is 5.78 Å². The molecule has 0 saturated carbocycles. The first-order valence-electron chi connectivity index (χ1n) is 12.6. The van der Waals surface area contributed by atoms with Crippen LogP contribution >= 0.6 is 0 Å². The summed E-state index contributed by atoms with van der Waals surface area (Å²) in [6.45, 7) is 4.86. The number of ether oxygens (including phenoxy) is 2. The van der Waals surface area contributed by atoms with Crippen molar-refractivity contribution in [3.8, 4) is 5.75 Å². The number of esters is 2. The first-order chi connectivity index (χ1) is 18.7. The highest BCUT2D eigenvalue weighted by molar-refractivity contribution is 6.09. The van der Waals surface area contributed by atoms with Crippen LogP contribution in [-0.2, 0) is 15.9 Å². The first-order valence-corrected chi connectivity index (χ1v) is 12.6. The second-order valence-corrected chi connectivity index (χ2v) is 9.62. The average molecular weight is 525 g/mol. The highest BCUT2D eigenvalue weighted by Crippen LogP contribution is 2.38. The SMILES string of the molecule is COC(=O)c1c(C)[nH]c(C(=O)C(C)OC(=O)c2c3c(nc4ccccc24)C(=Cc2ccc(O)cc2)CC3)c1C. The number of fused-ring (bicyclic) bond motifs is 2. The molecule has 2 aromatic heterocycles. The normalized spacial score (nSPS) is 14.3. The number of hydrogen-bond acceptors (Lipinski definition) is 7. The van der Waals surface area contributed by atoms with Gasteiger partial charge >= 0.3 is 11.9 Å². The van der Waals surface area contributed by atoms with E-state index in [1.807, 2.05) is 42.5 Å². The highest BCUT2D eigenvalue weighted by Gasteiger charge is 2.31. The molecule has 0 fully saturated rings. The number of aromatic nitrogens is 2. The molecule has 8 nitrogen and oxygen atoms in total. The van der Waals surface area contributed by atoms with Crippen LogP contribution in [0.5, 0.6) is 5.75 Å². The number of aromatic amines is 1. The fourth-order valence-corrected chi connectivity index (χ4v) is 5.16. The molecule has 0 bridgehead atoms. The average Bonchev–Trinajstić information content (AvgIpc) is 3.46. The Morgan fingerprint density at radius 3 is 2.44 bits per heavy atom. The minimum atomic E-state index is -1.10. The number of aromatic hydroxyl groups is 1. The number of carbonyl (C=O) groups is 3. The maximum Gasteiger partial charge on any atom is 0.339 e. The van der Waals surface area contributed by atoms with Gasteiger partial charge in [-0.05, 0) is 80.2 Å². The zero-order valence-electron chi connectivity index (χ0n) is 22.1. The molecule has 5 rings (SSSR count). The number of Topliss-reactive ketones (excluding diaryl/α,β-unsaturated/α-hetero) is 1. The van der Waals surface area contributed by atoms with Gasteiger partial charge in [-0.2, -0.15) is 0 Å². The third-order valence-corrected chi connectivity index (χ3v) is 7.11. The summed E-state index contributed by atoms with van der Waals surface area (Å²) in [7, 11) is 1.28. The Kier molecular flexibility index (Phi) is 6.78. The minimum Gasteiger partial charge on any atom is -0.508 e. The molecule has 0 radical (unpaired) electrons. The van der Waals surface area contributed by atoms with Crippen LogP contribution in [0.4, 0.5) is 0 Å². The predicted molar refractivity (Wildman–Crippen MR) is 147 cm³/mol. The summed E-state index contributed by atoms with van der Waals surface area (Å²) in [6, 6.07) is 14.3. The van der Waals surface area contributed by atoms with Gasteiger partial charge in [0.25, 0.3) is 0 Å². The number of nitrogens with one attached hydrogen (secondary N) is 1. The molecule has 0 saturated heterocycles. The number of rotatable bonds is 6. The Hall–Kier alpha value is -4.72. The number of H-pyrrole nitrogens is 1. The lowest BCUT2D eigenvalue weighted by molar-refractivity contribution is 0.0317. The van der Waals surface area contributed by atoms with Crippen LogP contribution in [-0.4, -0.2) is 46.0 Å². The van der Waals surface area contributed by atoms with Crippen molar-refractivity contribution in [3.63, 3.8) is 0 Å². The summed E-state index contributed by atoms with van der Waals surface area (Å²) in [4.78, 5) is 46.9. The molecule has 1 aliphatic rings. The fraction of sp³-hybridized carbons (Fsp3) is 0.226. The quantitative estimate of drug-likeness (QED) is 0.249. The van der Waals surface area contributed by atoms with Crippen LogP contribution in [0.1, 0.15) is 72.6 Å². The minimum absolute atomic E-state index is 0.188. The van der Waals surface area contributed by atoms with Crippen molar-refractivity contribution in [2.45, 2.75) is 39.7 Å². The van der Waals surface area contributed by atoms with Crippen LogP contribution in [0, 0.1) is 13.8 Å². The first kappa shape index (κ1) is 25.9. The van der Waals surface area contributed by atoms with Crippen molar-refractivity contribution in [3.05, 3.63) is 93.4 Å².